The fourth-order valence-corrected chi connectivity index (χ4v) is 5.39. The smallest absolute Gasteiger partial charge is 0.387 e. The Balaban J connectivity index is 1.41. The molecule has 3 heterocycles. The van der Waals surface area contributed by atoms with Crippen molar-refractivity contribution in [1.82, 2.24) is 14.3 Å². The maximum Gasteiger partial charge on any atom is 0.387 e. The Hall–Kier alpha value is -3.20. The Bertz CT molecular complexity index is 1290. The summed E-state index contributed by atoms with van der Waals surface area (Å²) < 4.78 is 44.9. The van der Waals surface area contributed by atoms with Gasteiger partial charge in [-0.05, 0) is 70.2 Å². The second kappa shape index (κ2) is 11.3. The number of benzene rings is 1. The lowest BCUT2D eigenvalue weighted by Gasteiger charge is -2.38. The number of nitrogens with zero attached hydrogens (tertiary/aromatic N) is 3. The van der Waals surface area contributed by atoms with Gasteiger partial charge < -0.3 is 14.2 Å². The molecule has 0 N–H and O–H groups in total. The van der Waals surface area contributed by atoms with E-state index in [0.717, 1.165) is 31.6 Å². The van der Waals surface area contributed by atoms with Crippen LogP contribution in [0.25, 0.3) is 16.9 Å². The molecule has 1 atom stereocenters. The fraction of sp³-hybridized carbons (Fsp3) is 0.517. The van der Waals surface area contributed by atoms with E-state index in [-0.39, 0.29) is 22.8 Å². The highest BCUT2D eigenvalue weighted by molar-refractivity contribution is 6.02. The summed E-state index contributed by atoms with van der Waals surface area (Å²) in [6.07, 6.45) is 9.31. The Kier molecular flexibility index (Phi) is 7.83. The molecule has 0 spiro atoms. The summed E-state index contributed by atoms with van der Waals surface area (Å²) in [6, 6.07) is 7.75. The van der Waals surface area contributed by atoms with Crippen LogP contribution < -0.4 is 14.2 Å². The summed E-state index contributed by atoms with van der Waals surface area (Å²) in [6.45, 7) is 3.08. The summed E-state index contributed by atoms with van der Waals surface area (Å²) in [5, 5.41) is 0. The summed E-state index contributed by atoms with van der Waals surface area (Å²) in [5.74, 6) is 0.802. The summed E-state index contributed by atoms with van der Waals surface area (Å²) >= 11 is 0. The van der Waals surface area contributed by atoms with Gasteiger partial charge in [0.05, 0.1) is 19.0 Å². The van der Waals surface area contributed by atoms with Crippen LogP contribution in [0, 0.1) is 5.92 Å². The number of methoxy groups -OCH3 is 1. The molecular weight excluding hydrogens is 492 g/mol. The maximum atomic E-state index is 13.3. The van der Waals surface area contributed by atoms with Gasteiger partial charge in [-0.3, -0.25) is 14.1 Å². The van der Waals surface area contributed by atoms with E-state index in [4.69, 9.17) is 14.2 Å². The van der Waals surface area contributed by atoms with Crippen molar-refractivity contribution < 1.29 is 27.8 Å². The predicted molar refractivity (Wildman–Crippen MR) is 140 cm³/mol. The quantitative estimate of drug-likeness (QED) is 0.275. The molecule has 1 aliphatic heterocycles. The molecule has 0 amide bonds. The van der Waals surface area contributed by atoms with Crippen LogP contribution >= 0.6 is 0 Å². The number of carbonyl (C=O) groups excluding carboxylic acids is 1. The molecule has 0 bridgehead atoms. The maximum absolute atomic E-state index is 13.3. The number of ether oxygens (including phenoxy) is 3. The first-order valence-electron chi connectivity index (χ1n) is 13.4. The molecule has 38 heavy (non-hydrogen) atoms. The van der Waals surface area contributed by atoms with Crippen LogP contribution in [0.15, 0.2) is 36.7 Å². The largest absolute Gasteiger partial charge is 0.496 e. The fourth-order valence-electron chi connectivity index (χ4n) is 5.39. The minimum Gasteiger partial charge on any atom is -0.496 e. The van der Waals surface area contributed by atoms with Crippen LogP contribution in [0.5, 0.6) is 17.2 Å². The highest BCUT2D eigenvalue weighted by atomic mass is 19.3. The molecule has 2 aromatic heterocycles. The van der Waals surface area contributed by atoms with E-state index >= 15 is 0 Å². The number of hydrogen-bond donors (Lipinski definition) is 0. The number of carbonyl (C=O) groups is 1. The van der Waals surface area contributed by atoms with Crippen LogP contribution in [-0.4, -0.2) is 59.0 Å². The minimum atomic E-state index is -3.07. The third kappa shape index (κ3) is 5.77. The number of imidazole rings is 1. The molecule has 5 rings (SSSR count). The van der Waals surface area contributed by atoms with Crippen LogP contribution in [-0.2, 0) is 0 Å². The van der Waals surface area contributed by atoms with Gasteiger partial charge in [-0.1, -0.05) is 6.42 Å². The van der Waals surface area contributed by atoms with Gasteiger partial charge in [0.1, 0.15) is 35.1 Å². The highest BCUT2D eigenvalue weighted by Gasteiger charge is 2.30. The monoisotopic (exact) mass is 527 g/mol. The molecule has 1 saturated carbocycles. The molecule has 9 heteroatoms. The van der Waals surface area contributed by atoms with Crippen LogP contribution in [0.2, 0.25) is 0 Å². The predicted octanol–water partition coefficient (Wildman–Crippen LogP) is 6.24. The van der Waals surface area contributed by atoms with Gasteiger partial charge in [-0.2, -0.15) is 8.78 Å². The molecular formula is C29H35F2N3O4. The number of hydrogen-bond acceptors (Lipinski definition) is 6. The zero-order valence-corrected chi connectivity index (χ0v) is 22.2. The van der Waals surface area contributed by atoms with Crippen molar-refractivity contribution in [2.24, 2.45) is 5.92 Å². The zero-order chi connectivity index (χ0) is 26.8. The average molecular weight is 528 g/mol. The normalized spacial score (nSPS) is 18.3. The lowest BCUT2D eigenvalue weighted by Crippen LogP contribution is -2.46. The lowest BCUT2D eigenvalue weighted by atomic mass is 10.00. The molecule has 1 unspecified atom stereocenters. The Labute approximate surface area is 221 Å². The van der Waals surface area contributed by atoms with E-state index in [9.17, 15) is 13.6 Å². The van der Waals surface area contributed by atoms with E-state index < -0.39 is 6.61 Å². The first-order chi connectivity index (χ1) is 18.3. The van der Waals surface area contributed by atoms with Crippen molar-refractivity contribution in [3.05, 3.63) is 42.2 Å². The number of Topliss-reactive ketones (excluding diaryl/α,β-unsaturated/α-hetero) is 1. The number of pyridine rings is 1. The first kappa shape index (κ1) is 26.4. The van der Waals surface area contributed by atoms with Crippen molar-refractivity contribution in [3.63, 3.8) is 0 Å². The Morgan fingerprint density at radius 2 is 1.92 bits per heavy atom. The molecule has 1 aliphatic carbocycles. The molecule has 0 radical (unpaired) electrons. The van der Waals surface area contributed by atoms with E-state index in [1.165, 1.54) is 26.0 Å². The number of ketones is 1. The third-order valence-electron chi connectivity index (χ3n) is 7.51. The Morgan fingerprint density at radius 1 is 1.13 bits per heavy atom. The molecule has 2 aliphatic rings. The van der Waals surface area contributed by atoms with E-state index in [2.05, 4.69) is 23.7 Å². The van der Waals surface area contributed by atoms with Gasteiger partial charge in [-0.15, -0.1) is 0 Å². The van der Waals surface area contributed by atoms with Gasteiger partial charge in [0.15, 0.2) is 5.78 Å². The SMILES string of the molecule is COc1cc(-c2cnc3cc(OCC4CCCCN4C(C)C)ccn23)cc(OC(F)F)c1C(=O)CC1CC1. The van der Waals surface area contributed by atoms with E-state index in [1.54, 1.807) is 12.3 Å². The van der Waals surface area contributed by atoms with E-state index in [1.807, 2.05) is 22.7 Å². The lowest BCUT2D eigenvalue weighted by molar-refractivity contribution is -0.0502. The van der Waals surface area contributed by atoms with Crippen LogP contribution in [0.4, 0.5) is 8.78 Å². The molecule has 204 valence electrons. The van der Waals surface area contributed by atoms with Gasteiger partial charge >= 0.3 is 6.61 Å². The summed E-state index contributed by atoms with van der Waals surface area (Å²) in [5.41, 5.74) is 1.93. The average Bonchev–Trinajstić information content (AvgIpc) is 3.61. The standard InChI is InChI=1S/C29H35F2N3O4/c1-18(2)33-10-5-4-6-21(33)17-37-22-9-11-34-23(16-32-27(34)15-22)20-13-25(36-3)28(24(35)12-19-7-8-19)26(14-20)38-29(30)31/h9,11,13-16,18-19,21,29H,4-8,10,12,17H2,1-3H3. The molecule has 1 saturated heterocycles. The van der Waals surface area contributed by atoms with Gasteiger partial charge in [0.25, 0.3) is 0 Å². The molecule has 2 fully saturated rings. The second-order valence-electron chi connectivity index (χ2n) is 10.5. The minimum absolute atomic E-state index is 0.0612. The summed E-state index contributed by atoms with van der Waals surface area (Å²) in [7, 11) is 1.42. The van der Waals surface area contributed by atoms with Crippen molar-refractivity contribution in [2.45, 2.75) is 71.1 Å². The first-order valence-corrected chi connectivity index (χ1v) is 13.4. The number of halogens is 2. The number of alkyl halides is 2. The van der Waals surface area contributed by atoms with Crippen molar-refractivity contribution in [1.29, 1.82) is 0 Å². The number of likely N-dealkylation sites (tertiary alicyclic amines) is 1. The van der Waals surface area contributed by atoms with Crippen LogP contribution in [0.1, 0.15) is 62.7 Å². The molecule has 3 aromatic rings. The zero-order valence-electron chi connectivity index (χ0n) is 22.2. The number of piperidine rings is 1. The summed E-state index contributed by atoms with van der Waals surface area (Å²) in [4.78, 5) is 19.9. The van der Waals surface area contributed by atoms with Gasteiger partial charge in [0, 0.05) is 36.3 Å². The van der Waals surface area contributed by atoms with Crippen molar-refractivity contribution in [3.8, 4) is 28.5 Å². The highest BCUT2D eigenvalue weighted by Crippen LogP contribution is 2.40. The molecule has 1 aromatic carbocycles. The Morgan fingerprint density at radius 3 is 2.63 bits per heavy atom. The van der Waals surface area contributed by atoms with Gasteiger partial charge in [-0.25, -0.2) is 4.98 Å². The number of fused-ring (bicyclic) bond motifs is 1. The van der Waals surface area contributed by atoms with Crippen molar-refractivity contribution in [2.75, 3.05) is 20.3 Å². The molecule has 7 nitrogen and oxygen atoms in total. The number of rotatable bonds is 11. The van der Waals surface area contributed by atoms with Gasteiger partial charge in [0.2, 0.25) is 0 Å². The number of aromatic nitrogens is 2. The third-order valence-corrected chi connectivity index (χ3v) is 7.51. The second-order valence-corrected chi connectivity index (χ2v) is 10.5. The van der Waals surface area contributed by atoms with E-state index in [0.29, 0.717) is 47.9 Å². The topological polar surface area (TPSA) is 65.3 Å². The van der Waals surface area contributed by atoms with Crippen molar-refractivity contribution >= 4 is 11.4 Å². The van der Waals surface area contributed by atoms with Crippen LogP contribution in [0.3, 0.4) is 0 Å².